The molecule has 0 bridgehead atoms. The predicted octanol–water partition coefficient (Wildman–Crippen LogP) is 2.40. The number of rotatable bonds is 8. The first-order valence-electron chi connectivity index (χ1n) is 11.7. The van der Waals surface area contributed by atoms with Gasteiger partial charge in [0.25, 0.3) is 5.56 Å². The van der Waals surface area contributed by atoms with E-state index in [1.807, 2.05) is 6.92 Å². The van der Waals surface area contributed by atoms with E-state index >= 15 is 0 Å². The van der Waals surface area contributed by atoms with E-state index in [4.69, 9.17) is 4.74 Å². The first-order valence-corrected chi connectivity index (χ1v) is 12.7. The number of amides is 1. The van der Waals surface area contributed by atoms with E-state index < -0.39 is 11.2 Å². The number of thioether (sulfide) groups is 1. The molecule has 0 aliphatic rings. The van der Waals surface area contributed by atoms with Gasteiger partial charge in [-0.2, -0.15) is 0 Å². The fourth-order valence-corrected chi connectivity index (χ4v) is 4.90. The largest absolute Gasteiger partial charge is 0.494 e. The Labute approximate surface area is 219 Å². The number of hydrogen-bond donors (Lipinski definition) is 1. The Morgan fingerprint density at radius 2 is 1.74 bits per heavy atom. The van der Waals surface area contributed by atoms with Crippen LogP contribution in [-0.4, -0.2) is 46.6 Å². The molecule has 0 atom stereocenters. The van der Waals surface area contributed by atoms with Gasteiger partial charge in [-0.15, -0.1) is 10.2 Å². The number of aryl methyl sites for hydroxylation is 1. The van der Waals surface area contributed by atoms with Crippen LogP contribution in [0.15, 0.2) is 63.3 Å². The molecule has 0 radical (unpaired) electrons. The Hall–Kier alpha value is -4.39. The van der Waals surface area contributed by atoms with Crippen LogP contribution in [0.2, 0.25) is 0 Å². The van der Waals surface area contributed by atoms with Crippen LogP contribution in [-0.2, 0) is 25.4 Å². The first kappa shape index (κ1) is 25.3. The van der Waals surface area contributed by atoms with Crippen LogP contribution in [0.1, 0.15) is 12.5 Å². The molecule has 5 rings (SSSR count). The van der Waals surface area contributed by atoms with Crippen molar-refractivity contribution >= 4 is 40.3 Å². The molecule has 0 aliphatic heterocycles. The van der Waals surface area contributed by atoms with Gasteiger partial charge in [-0.05, 0) is 48.9 Å². The lowest BCUT2D eigenvalue weighted by molar-refractivity contribution is -0.113. The molecule has 1 amide bonds. The van der Waals surface area contributed by atoms with Crippen molar-refractivity contribution in [1.82, 2.24) is 28.3 Å². The third kappa shape index (κ3) is 4.56. The number of aromatic nitrogens is 6. The second kappa shape index (κ2) is 10.2. The highest BCUT2D eigenvalue weighted by atomic mass is 32.2. The summed E-state index contributed by atoms with van der Waals surface area (Å²) in [6.45, 7) is 2.64. The minimum Gasteiger partial charge on any atom is -0.494 e. The molecular formula is C25H24FN7O4S. The second-order valence-corrected chi connectivity index (χ2v) is 9.45. The summed E-state index contributed by atoms with van der Waals surface area (Å²) in [5, 5.41) is 11.7. The maximum atomic E-state index is 13.5. The van der Waals surface area contributed by atoms with Gasteiger partial charge in [0.15, 0.2) is 16.3 Å². The number of nitrogens with one attached hydrogen (secondary N) is 1. The highest BCUT2D eigenvalue weighted by molar-refractivity contribution is 7.99. The van der Waals surface area contributed by atoms with Gasteiger partial charge in [-0.3, -0.25) is 23.3 Å². The van der Waals surface area contributed by atoms with Crippen molar-refractivity contribution in [2.75, 3.05) is 17.7 Å². The smallest absolute Gasteiger partial charge is 0.332 e. The fourth-order valence-electron chi connectivity index (χ4n) is 4.17. The van der Waals surface area contributed by atoms with Crippen LogP contribution < -0.4 is 21.3 Å². The normalized spacial score (nSPS) is 11.4. The zero-order chi connectivity index (χ0) is 27.0. The number of hydrogen-bond acceptors (Lipinski definition) is 7. The van der Waals surface area contributed by atoms with E-state index in [1.54, 1.807) is 52.4 Å². The standard InChI is InChI=1S/C25H24FN7O4S/c1-4-37-18-11-9-17(10-12-18)27-19(34)14-38-24-29-28-23-32(13-15-5-7-16(26)8-6-15)20-21(33(23)24)30(2)25(36)31(3)22(20)35/h5-12H,4,13-14H2,1-3H3,(H,27,34). The van der Waals surface area contributed by atoms with Crippen LogP contribution in [0, 0.1) is 5.82 Å². The van der Waals surface area contributed by atoms with Gasteiger partial charge in [-0.25, -0.2) is 13.6 Å². The zero-order valence-corrected chi connectivity index (χ0v) is 21.7. The lowest BCUT2D eigenvalue weighted by Gasteiger charge is -2.08. The molecule has 13 heteroatoms. The van der Waals surface area contributed by atoms with E-state index in [0.717, 1.165) is 21.9 Å². The van der Waals surface area contributed by atoms with E-state index in [2.05, 4.69) is 15.5 Å². The van der Waals surface area contributed by atoms with Crippen LogP contribution in [0.3, 0.4) is 0 Å². The molecule has 0 saturated carbocycles. The molecule has 0 aliphatic carbocycles. The summed E-state index contributed by atoms with van der Waals surface area (Å²) in [4.78, 5) is 38.6. The van der Waals surface area contributed by atoms with Crippen molar-refractivity contribution in [2.45, 2.75) is 18.6 Å². The van der Waals surface area contributed by atoms with E-state index in [1.165, 1.54) is 23.7 Å². The summed E-state index contributed by atoms with van der Waals surface area (Å²) in [6, 6.07) is 12.9. The number of imidazole rings is 1. The number of ether oxygens (including phenoxy) is 1. The predicted molar refractivity (Wildman–Crippen MR) is 141 cm³/mol. The average Bonchev–Trinajstić information content (AvgIpc) is 3.46. The molecule has 0 fully saturated rings. The highest BCUT2D eigenvalue weighted by Gasteiger charge is 2.24. The third-order valence-corrected chi connectivity index (χ3v) is 6.91. The maximum absolute atomic E-state index is 13.5. The number of carbonyl (C=O) groups is 1. The van der Waals surface area contributed by atoms with Crippen molar-refractivity contribution in [3.05, 3.63) is 80.7 Å². The number of benzene rings is 2. The minimum atomic E-state index is -0.513. The molecule has 11 nitrogen and oxygen atoms in total. The van der Waals surface area contributed by atoms with Gasteiger partial charge in [0, 0.05) is 19.8 Å². The topological polar surface area (TPSA) is 117 Å². The summed E-state index contributed by atoms with van der Waals surface area (Å²) >= 11 is 1.12. The van der Waals surface area contributed by atoms with Crippen molar-refractivity contribution in [2.24, 2.45) is 14.1 Å². The number of carbonyl (C=O) groups excluding carboxylic acids is 1. The first-order chi connectivity index (χ1) is 18.3. The molecule has 0 unspecified atom stereocenters. The lowest BCUT2D eigenvalue weighted by Crippen LogP contribution is -2.37. The Morgan fingerprint density at radius 1 is 1.03 bits per heavy atom. The maximum Gasteiger partial charge on any atom is 0.332 e. The van der Waals surface area contributed by atoms with Gasteiger partial charge in [0.05, 0.1) is 18.9 Å². The van der Waals surface area contributed by atoms with Crippen LogP contribution in [0.25, 0.3) is 16.9 Å². The Morgan fingerprint density at radius 3 is 2.42 bits per heavy atom. The van der Waals surface area contributed by atoms with Crippen LogP contribution in [0.5, 0.6) is 5.75 Å². The van der Waals surface area contributed by atoms with Crippen molar-refractivity contribution in [1.29, 1.82) is 0 Å². The summed E-state index contributed by atoms with van der Waals surface area (Å²) in [5.41, 5.74) is 0.876. The van der Waals surface area contributed by atoms with Gasteiger partial charge in [-0.1, -0.05) is 23.9 Å². The summed E-state index contributed by atoms with van der Waals surface area (Å²) < 4.78 is 24.5. The fraction of sp³-hybridized carbons (Fsp3) is 0.240. The minimum absolute atomic E-state index is 0.0113. The molecule has 0 saturated heterocycles. The Kier molecular flexibility index (Phi) is 6.76. The van der Waals surface area contributed by atoms with E-state index in [0.29, 0.717) is 34.6 Å². The van der Waals surface area contributed by atoms with Gasteiger partial charge in [0.2, 0.25) is 11.7 Å². The average molecular weight is 538 g/mol. The van der Waals surface area contributed by atoms with Crippen LogP contribution >= 0.6 is 11.8 Å². The molecule has 0 spiro atoms. The van der Waals surface area contributed by atoms with Crippen molar-refractivity contribution in [3.8, 4) is 5.75 Å². The van der Waals surface area contributed by atoms with Gasteiger partial charge < -0.3 is 10.1 Å². The highest BCUT2D eigenvalue weighted by Crippen LogP contribution is 2.25. The third-order valence-electron chi connectivity index (χ3n) is 5.99. The molecule has 196 valence electrons. The number of anilines is 1. The number of halogens is 1. The Balaban J connectivity index is 1.50. The summed E-state index contributed by atoms with van der Waals surface area (Å²) in [7, 11) is 2.96. The molecule has 1 N–H and O–H groups in total. The SMILES string of the molecule is CCOc1ccc(NC(=O)CSc2nnc3n(Cc4ccc(F)cc4)c4c(=O)n(C)c(=O)n(C)c4n23)cc1. The molecular weight excluding hydrogens is 513 g/mol. The molecule has 3 aromatic heterocycles. The Bertz CT molecular complexity index is 1770. The number of nitrogens with zero attached hydrogens (tertiary/aromatic N) is 6. The summed E-state index contributed by atoms with van der Waals surface area (Å²) in [6.07, 6.45) is 0. The van der Waals surface area contributed by atoms with Gasteiger partial charge in [0.1, 0.15) is 11.6 Å². The van der Waals surface area contributed by atoms with Crippen molar-refractivity contribution in [3.63, 3.8) is 0 Å². The van der Waals surface area contributed by atoms with Gasteiger partial charge >= 0.3 is 5.69 Å². The molecule has 38 heavy (non-hydrogen) atoms. The zero-order valence-electron chi connectivity index (χ0n) is 20.8. The molecule has 2 aromatic carbocycles. The quantitative estimate of drug-likeness (QED) is 0.302. The lowest BCUT2D eigenvalue weighted by atomic mass is 10.2. The molecule has 3 heterocycles. The molecule has 5 aromatic rings. The van der Waals surface area contributed by atoms with Crippen molar-refractivity contribution < 1.29 is 13.9 Å². The monoisotopic (exact) mass is 537 g/mol. The van der Waals surface area contributed by atoms with Crippen LogP contribution in [0.4, 0.5) is 10.1 Å². The summed E-state index contributed by atoms with van der Waals surface area (Å²) in [5.74, 6) is 0.392. The second-order valence-electron chi connectivity index (χ2n) is 8.50. The van der Waals surface area contributed by atoms with E-state index in [-0.39, 0.29) is 29.5 Å². The number of fused-ring (bicyclic) bond motifs is 3. The van der Waals surface area contributed by atoms with E-state index in [9.17, 15) is 18.8 Å².